The Bertz CT molecular complexity index is 476. The molecule has 0 saturated heterocycles. The van der Waals surface area contributed by atoms with E-state index in [1.54, 1.807) is 11.3 Å². The number of carbonyl (C=O) groups is 1. The zero-order chi connectivity index (χ0) is 14.7. The van der Waals surface area contributed by atoms with Gasteiger partial charge in [0.15, 0.2) is 5.13 Å². The third kappa shape index (κ3) is 3.11. The van der Waals surface area contributed by atoms with Crippen molar-refractivity contribution < 1.29 is 9.90 Å². The lowest BCUT2D eigenvalue weighted by molar-refractivity contribution is -0.139. The fraction of sp³-hybridized carbons (Fsp3) is 0.714. The molecule has 0 aromatic carbocycles. The largest absolute Gasteiger partial charge is 0.481 e. The van der Waals surface area contributed by atoms with Gasteiger partial charge in [-0.2, -0.15) is 11.8 Å². The Balaban J connectivity index is 2.24. The lowest BCUT2D eigenvalue weighted by Crippen LogP contribution is -2.33. The number of carboxylic acids is 1. The number of carboxylic acid groups (broad SMARTS) is 1. The van der Waals surface area contributed by atoms with Crippen LogP contribution in [0.2, 0.25) is 0 Å². The monoisotopic (exact) mass is 314 g/mol. The maximum Gasteiger partial charge on any atom is 0.312 e. The Kier molecular flexibility index (Phi) is 5.32. The molecular formula is C14H22N2O2S2. The van der Waals surface area contributed by atoms with E-state index in [-0.39, 0.29) is 0 Å². The van der Waals surface area contributed by atoms with Gasteiger partial charge in [0.05, 0.1) is 5.69 Å². The first kappa shape index (κ1) is 15.6. The molecule has 1 heterocycles. The molecule has 4 nitrogen and oxygen atoms in total. The van der Waals surface area contributed by atoms with Crippen LogP contribution in [0.1, 0.15) is 42.7 Å². The highest BCUT2D eigenvalue weighted by atomic mass is 32.2. The Hall–Kier alpha value is -0.750. The maximum atomic E-state index is 11.3. The van der Waals surface area contributed by atoms with E-state index in [4.69, 9.17) is 0 Å². The molecule has 112 valence electrons. The molecule has 0 radical (unpaired) electrons. The summed E-state index contributed by atoms with van der Waals surface area (Å²) in [5.41, 5.74) is 0.814. The summed E-state index contributed by atoms with van der Waals surface area (Å²) in [5.74, 6) is -0.0704. The molecule has 0 amide bonds. The number of nitrogens with zero attached hydrogens (tertiary/aromatic N) is 2. The smallest absolute Gasteiger partial charge is 0.312 e. The van der Waals surface area contributed by atoms with Gasteiger partial charge >= 0.3 is 5.97 Å². The van der Waals surface area contributed by atoms with Crippen molar-refractivity contribution in [1.29, 1.82) is 0 Å². The van der Waals surface area contributed by atoms with Crippen LogP contribution in [0, 0.1) is 0 Å². The predicted molar refractivity (Wildman–Crippen MR) is 86.3 cm³/mol. The highest BCUT2D eigenvalue weighted by molar-refractivity contribution is 7.98. The average molecular weight is 314 g/mol. The van der Waals surface area contributed by atoms with Gasteiger partial charge in [-0.25, -0.2) is 4.98 Å². The minimum atomic E-state index is -0.735. The number of fused-ring (bicyclic) bond motifs is 1. The molecule has 1 aliphatic carbocycles. The lowest BCUT2D eigenvalue weighted by atomic mass is 9.91. The summed E-state index contributed by atoms with van der Waals surface area (Å²) < 4.78 is 0. The summed E-state index contributed by atoms with van der Waals surface area (Å²) >= 11 is 3.52. The molecule has 6 heteroatoms. The third-order valence-corrected chi connectivity index (χ3v) is 5.86. The van der Waals surface area contributed by atoms with Crippen LogP contribution in [0.5, 0.6) is 0 Å². The molecule has 1 N–H and O–H groups in total. The normalized spacial score (nSPS) is 19.4. The summed E-state index contributed by atoms with van der Waals surface area (Å²) in [5, 5.41) is 10.3. The zero-order valence-electron chi connectivity index (χ0n) is 12.3. The predicted octanol–water partition coefficient (Wildman–Crippen LogP) is 3.23. The van der Waals surface area contributed by atoms with Gasteiger partial charge in [-0.1, -0.05) is 6.92 Å². The van der Waals surface area contributed by atoms with Crippen LogP contribution < -0.4 is 4.90 Å². The van der Waals surface area contributed by atoms with E-state index in [0.29, 0.717) is 6.04 Å². The van der Waals surface area contributed by atoms with Crippen molar-refractivity contribution in [3.05, 3.63) is 10.6 Å². The molecule has 20 heavy (non-hydrogen) atoms. The first-order valence-corrected chi connectivity index (χ1v) is 9.23. The molecule has 0 aliphatic heterocycles. The molecule has 0 saturated carbocycles. The first-order valence-electron chi connectivity index (χ1n) is 7.02. The van der Waals surface area contributed by atoms with Crippen LogP contribution in [0.4, 0.5) is 5.13 Å². The fourth-order valence-corrected chi connectivity index (χ4v) is 4.69. The van der Waals surface area contributed by atoms with Gasteiger partial charge in [0.25, 0.3) is 0 Å². The number of aryl methyl sites for hydroxylation is 1. The van der Waals surface area contributed by atoms with Crippen molar-refractivity contribution in [1.82, 2.24) is 4.98 Å². The third-order valence-electron chi connectivity index (χ3n) is 3.92. The zero-order valence-corrected chi connectivity index (χ0v) is 13.9. The summed E-state index contributed by atoms with van der Waals surface area (Å²) in [7, 11) is 2.07. The van der Waals surface area contributed by atoms with Gasteiger partial charge in [0.2, 0.25) is 0 Å². The molecule has 2 rings (SSSR count). The van der Waals surface area contributed by atoms with E-state index in [2.05, 4.69) is 30.1 Å². The van der Waals surface area contributed by atoms with Crippen LogP contribution in [-0.2, 0) is 11.2 Å². The number of hydrogen-bond acceptors (Lipinski definition) is 5. The molecular weight excluding hydrogens is 292 g/mol. The topological polar surface area (TPSA) is 53.4 Å². The number of rotatable bonds is 6. The van der Waals surface area contributed by atoms with Crippen LogP contribution in [-0.4, -0.2) is 41.2 Å². The number of hydrogen-bond donors (Lipinski definition) is 1. The van der Waals surface area contributed by atoms with Crippen LogP contribution in [0.15, 0.2) is 0 Å². The second kappa shape index (κ2) is 6.80. The Morgan fingerprint density at radius 2 is 2.40 bits per heavy atom. The lowest BCUT2D eigenvalue weighted by Gasteiger charge is -2.26. The Labute approximate surface area is 128 Å². The van der Waals surface area contributed by atoms with Gasteiger partial charge in [-0.15, -0.1) is 11.3 Å². The Morgan fingerprint density at radius 3 is 3.00 bits per heavy atom. The number of aliphatic carboxylic acids is 1. The van der Waals surface area contributed by atoms with Gasteiger partial charge in [0, 0.05) is 23.7 Å². The van der Waals surface area contributed by atoms with E-state index in [1.807, 2.05) is 11.8 Å². The quantitative estimate of drug-likeness (QED) is 0.873. The summed E-state index contributed by atoms with van der Waals surface area (Å²) in [6, 6.07) is 0.459. The first-order chi connectivity index (χ1) is 9.58. The summed E-state index contributed by atoms with van der Waals surface area (Å²) in [6.07, 6.45) is 5.84. The molecule has 1 aliphatic rings. The molecule has 2 unspecified atom stereocenters. The van der Waals surface area contributed by atoms with Crippen molar-refractivity contribution in [2.45, 2.75) is 44.6 Å². The van der Waals surface area contributed by atoms with Gasteiger partial charge in [-0.3, -0.25) is 4.79 Å². The molecule has 0 bridgehead atoms. The number of thiazole rings is 1. The molecule has 1 aromatic rings. The van der Waals surface area contributed by atoms with E-state index < -0.39 is 11.9 Å². The minimum absolute atomic E-state index is 0.405. The summed E-state index contributed by atoms with van der Waals surface area (Å²) in [6.45, 7) is 2.19. The van der Waals surface area contributed by atoms with E-state index >= 15 is 0 Å². The van der Waals surface area contributed by atoms with Crippen molar-refractivity contribution in [2.75, 3.05) is 24.0 Å². The number of anilines is 1. The average Bonchev–Trinajstić information content (AvgIpc) is 2.87. The molecule has 2 atom stereocenters. The maximum absolute atomic E-state index is 11.3. The highest BCUT2D eigenvalue weighted by Crippen LogP contribution is 2.38. The second-order valence-corrected chi connectivity index (χ2v) is 7.19. The number of thioether (sulfide) groups is 1. The molecule has 0 fully saturated rings. The van der Waals surface area contributed by atoms with Gasteiger partial charge < -0.3 is 10.0 Å². The summed E-state index contributed by atoms with van der Waals surface area (Å²) in [4.78, 5) is 19.4. The Morgan fingerprint density at radius 1 is 1.65 bits per heavy atom. The van der Waals surface area contributed by atoms with Crippen molar-refractivity contribution in [3.63, 3.8) is 0 Å². The molecule has 1 aromatic heterocycles. The minimum Gasteiger partial charge on any atom is -0.481 e. The van der Waals surface area contributed by atoms with Crippen LogP contribution in [0.25, 0.3) is 0 Å². The standard InChI is InChI=1S/C14H22N2O2S2/c1-4-9(8-19-3)16(2)14-15-12-10(13(17)18)6-5-7-11(12)20-14/h9-10H,4-8H2,1-3H3,(H,17,18). The SMILES string of the molecule is CCC(CSC)N(C)c1nc2c(s1)CCCC2C(=O)O. The highest BCUT2D eigenvalue weighted by Gasteiger charge is 2.31. The van der Waals surface area contributed by atoms with Crippen LogP contribution >= 0.6 is 23.1 Å². The van der Waals surface area contributed by atoms with Crippen molar-refractivity contribution in [2.24, 2.45) is 0 Å². The molecule has 0 spiro atoms. The van der Waals surface area contributed by atoms with Crippen LogP contribution in [0.3, 0.4) is 0 Å². The van der Waals surface area contributed by atoms with Gasteiger partial charge in [0.1, 0.15) is 5.92 Å². The van der Waals surface area contributed by atoms with Crippen molar-refractivity contribution in [3.8, 4) is 0 Å². The van der Waals surface area contributed by atoms with E-state index in [1.165, 1.54) is 4.88 Å². The van der Waals surface area contributed by atoms with Crippen molar-refractivity contribution >= 4 is 34.2 Å². The number of aromatic nitrogens is 1. The second-order valence-electron chi connectivity index (χ2n) is 5.22. The fourth-order valence-electron chi connectivity index (χ4n) is 2.65. The van der Waals surface area contributed by atoms with E-state index in [0.717, 1.165) is 42.3 Å². The van der Waals surface area contributed by atoms with Gasteiger partial charge in [-0.05, 0) is 31.9 Å². The van der Waals surface area contributed by atoms with E-state index in [9.17, 15) is 9.90 Å².